The van der Waals surface area contributed by atoms with E-state index in [1.54, 1.807) is 66.7 Å². The summed E-state index contributed by atoms with van der Waals surface area (Å²) in [5.41, 5.74) is 2.64. The number of phenolic OH excluding ortho intramolecular Hbond substituents is 2. The molecular weight excluding hydrogens is 300 g/mol. The number of rotatable bonds is 4. The van der Waals surface area contributed by atoms with E-state index in [1.807, 2.05) is 18.2 Å². The number of aromatic hydroxyl groups is 2. The van der Waals surface area contributed by atoms with Crippen LogP contribution in [-0.2, 0) is 0 Å². The van der Waals surface area contributed by atoms with Crippen molar-refractivity contribution in [1.29, 1.82) is 0 Å². The smallest absolute Gasteiger partial charge is 0.193 e. The van der Waals surface area contributed by atoms with Crippen LogP contribution in [0.25, 0.3) is 11.6 Å². The van der Waals surface area contributed by atoms with Crippen molar-refractivity contribution in [3.8, 4) is 11.5 Å². The molecule has 0 atom stereocenters. The van der Waals surface area contributed by atoms with E-state index in [-0.39, 0.29) is 17.3 Å². The second kappa shape index (κ2) is 6.84. The van der Waals surface area contributed by atoms with Gasteiger partial charge in [-0.3, -0.25) is 4.79 Å². The number of allylic oxidation sites excluding steroid dienone is 1. The topological polar surface area (TPSA) is 57.5 Å². The molecule has 0 fully saturated rings. The molecule has 0 unspecified atom stereocenters. The summed E-state index contributed by atoms with van der Waals surface area (Å²) in [5, 5.41) is 18.9. The molecule has 2 N–H and O–H groups in total. The van der Waals surface area contributed by atoms with Crippen LogP contribution in [0.3, 0.4) is 0 Å². The average molecular weight is 316 g/mol. The molecule has 0 aliphatic heterocycles. The molecule has 0 saturated carbocycles. The quantitative estimate of drug-likeness (QED) is 0.422. The van der Waals surface area contributed by atoms with E-state index < -0.39 is 0 Å². The van der Waals surface area contributed by atoms with Crippen LogP contribution in [0.5, 0.6) is 11.5 Å². The molecule has 0 spiro atoms. The predicted octanol–water partition coefficient (Wildman–Crippen LogP) is 4.52. The highest BCUT2D eigenvalue weighted by Crippen LogP contribution is 2.25. The molecule has 3 nitrogen and oxygen atoms in total. The van der Waals surface area contributed by atoms with Gasteiger partial charge in [-0.05, 0) is 41.5 Å². The highest BCUT2D eigenvalue weighted by Gasteiger charge is 2.14. The van der Waals surface area contributed by atoms with Crippen molar-refractivity contribution in [2.24, 2.45) is 0 Å². The Morgan fingerprint density at radius 1 is 0.667 bits per heavy atom. The number of phenols is 2. The van der Waals surface area contributed by atoms with Gasteiger partial charge in [0.25, 0.3) is 0 Å². The largest absolute Gasteiger partial charge is 0.508 e. The van der Waals surface area contributed by atoms with Crippen molar-refractivity contribution in [2.45, 2.75) is 0 Å². The third-order valence-corrected chi connectivity index (χ3v) is 3.66. The van der Waals surface area contributed by atoms with Crippen LogP contribution in [-0.4, -0.2) is 16.0 Å². The summed E-state index contributed by atoms with van der Waals surface area (Å²) < 4.78 is 0. The molecular formula is C21H16O3. The summed E-state index contributed by atoms with van der Waals surface area (Å²) in [6, 6.07) is 22.2. The Bertz CT molecular complexity index is 861. The first-order valence-electron chi connectivity index (χ1n) is 7.53. The lowest BCUT2D eigenvalue weighted by Crippen LogP contribution is -2.02. The van der Waals surface area contributed by atoms with Gasteiger partial charge in [0, 0.05) is 11.1 Å². The van der Waals surface area contributed by atoms with Crippen LogP contribution < -0.4 is 0 Å². The van der Waals surface area contributed by atoms with E-state index in [0.29, 0.717) is 11.1 Å². The normalized spacial score (nSPS) is 11.2. The summed E-state index contributed by atoms with van der Waals surface area (Å²) >= 11 is 0. The molecule has 118 valence electrons. The van der Waals surface area contributed by atoms with E-state index in [0.717, 1.165) is 11.1 Å². The molecule has 0 bridgehead atoms. The van der Waals surface area contributed by atoms with Crippen LogP contribution in [0.15, 0.2) is 78.9 Å². The molecule has 0 radical (unpaired) electrons. The third kappa shape index (κ3) is 3.52. The highest BCUT2D eigenvalue weighted by atomic mass is 16.3. The summed E-state index contributed by atoms with van der Waals surface area (Å²) in [4.78, 5) is 12.9. The molecule has 24 heavy (non-hydrogen) atoms. The summed E-state index contributed by atoms with van der Waals surface area (Å²) in [6.07, 6.45) is 1.78. The minimum Gasteiger partial charge on any atom is -0.508 e. The first kappa shape index (κ1) is 15.6. The van der Waals surface area contributed by atoms with Crippen molar-refractivity contribution in [2.75, 3.05) is 0 Å². The van der Waals surface area contributed by atoms with Crippen LogP contribution >= 0.6 is 0 Å². The van der Waals surface area contributed by atoms with Crippen LogP contribution in [0.4, 0.5) is 0 Å². The van der Waals surface area contributed by atoms with Gasteiger partial charge in [0.1, 0.15) is 11.5 Å². The lowest BCUT2D eigenvalue weighted by molar-refractivity contribution is 0.105. The molecule has 0 saturated heterocycles. The number of Topliss-reactive ketones (excluding diaryl/α,β-unsaturated/α-hetero) is 1. The van der Waals surface area contributed by atoms with Crippen LogP contribution in [0.2, 0.25) is 0 Å². The zero-order valence-electron chi connectivity index (χ0n) is 12.9. The van der Waals surface area contributed by atoms with Crippen molar-refractivity contribution < 1.29 is 15.0 Å². The molecule has 0 heterocycles. The van der Waals surface area contributed by atoms with Gasteiger partial charge >= 0.3 is 0 Å². The van der Waals surface area contributed by atoms with Crippen LogP contribution in [0.1, 0.15) is 21.5 Å². The number of hydrogen-bond acceptors (Lipinski definition) is 3. The van der Waals surface area contributed by atoms with Crippen molar-refractivity contribution in [3.63, 3.8) is 0 Å². The fourth-order valence-corrected chi connectivity index (χ4v) is 2.40. The number of carbonyl (C=O) groups is 1. The molecule has 3 rings (SSSR count). The SMILES string of the molecule is O=C(/C(=C/c1ccc(O)cc1)c1ccc(O)cc1)c1ccccc1. The zero-order valence-corrected chi connectivity index (χ0v) is 12.9. The Labute approximate surface area is 140 Å². The van der Waals surface area contributed by atoms with Gasteiger partial charge < -0.3 is 10.2 Å². The van der Waals surface area contributed by atoms with Gasteiger partial charge in [-0.15, -0.1) is 0 Å². The fraction of sp³-hybridized carbons (Fsp3) is 0. The predicted molar refractivity (Wildman–Crippen MR) is 94.9 cm³/mol. The Kier molecular flexibility index (Phi) is 4.43. The van der Waals surface area contributed by atoms with E-state index >= 15 is 0 Å². The van der Waals surface area contributed by atoms with Gasteiger partial charge in [0.2, 0.25) is 0 Å². The lowest BCUT2D eigenvalue weighted by Gasteiger charge is -2.08. The van der Waals surface area contributed by atoms with Crippen molar-refractivity contribution in [1.82, 2.24) is 0 Å². The molecule has 3 heteroatoms. The minimum atomic E-state index is -0.102. The lowest BCUT2D eigenvalue weighted by atomic mass is 9.94. The van der Waals surface area contributed by atoms with Gasteiger partial charge in [-0.25, -0.2) is 0 Å². The van der Waals surface area contributed by atoms with Gasteiger partial charge in [-0.1, -0.05) is 54.6 Å². The van der Waals surface area contributed by atoms with E-state index in [4.69, 9.17) is 0 Å². The average Bonchev–Trinajstić information content (AvgIpc) is 2.62. The van der Waals surface area contributed by atoms with Gasteiger partial charge in [0.15, 0.2) is 5.78 Å². The highest BCUT2D eigenvalue weighted by molar-refractivity contribution is 6.32. The van der Waals surface area contributed by atoms with E-state index in [1.165, 1.54) is 0 Å². The Balaban J connectivity index is 2.08. The summed E-state index contributed by atoms with van der Waals surface area (Å²) in [5.74, 6) is 0.219. The summed E-state index contributed by atoms with van der Waals surface area (Å²) in [7, 11) is 0. The molecule has 0 aliphatic carbocycles. The second-order valence-corrected chi connectivity index (χ2v) is 5.39. The van der Waals surface area contributed by atoms with Gasteiger partial charge in [0.05, 0.1) is 0 Å². The monoisotopic (exact) mass is 316 g/mol. The zero-order chi connectivity index (χ0) is 16.9. The molecule has 0 amide bonds. The van der Waals surface area contributed by atoms with Crippen molar-refractivity contribution >= 4 is 17.4 Å². The first-order chi connectivity index (χ1) is 11.6. The number of benzene rings is 3. The third-order valence-electron chi connectivity index (χ3n) is 3.66. The molecule has 3 aromatic rings. The van der Waals surface area contributed by atoms with Gasteiger partial charge in [-0.2, -0.15) is 0 Å². The fourth-order valence-electron chi connectivity index (χ4n) is 2.40. The Morgan fingerprint density at radius 3 is 1.79 bits per heavy atom. The maximum atomic E-state index is 12.9. The Morgan fingerprint density at radius 2 is 1.21 bits per heavy atom. The number of hydrogen-bond donors (Lipinski definition) is 2. The molecule has 0 aliphatic rings. The number of carbonyl (C=O) groups excluding carboxylic acids is 1. The minimum absolute atomic E-state index is 0.102. The summed E-state index contributed by atoms with van der Waals surface area (Å²) in [6.45, 7) is 0. The molecule has 0 aromatic heterocycles. The maximum absolute atomic E-state index is 12.9. The van der Waals surface area contributed by atoms with E-state index in [9.17, 15) is 15.0 Å². The standard InChI is InChI=1S/C21H16O3/c22-18-10-6-15(7-11-18)14-20(16-8-12-19(23)13-9-16)21(24)17-4-2-1-3-5-17/h1-14,22-23H/b20-14+. The Hall–Kier alpha value is -3.33. The first-order valence-corrected chi connectivity index (χ1v) is 7.53. The molecule has 3 aromatic carbocycles. The van der Waals surface area contributed by atoms with Crippen LogP contribution in [0, 0.1) is 0 Å². The van der Waals surface area contributed by atoms with E-state index in [2.05, 4.69) is 0 Å². The maximum Gasteiger partial charge on any atom is 0.193 e. The number of ketones is 1. The van der Waals surface area contributed by atoms with Crippen molar-refractivity contribution in [3.05, 3.63) is 95.6 Å². The second-order valence-electron chi connectivity index (χ2n) is 5.39.